The van der Waals surface area contributed by atoms with Gasteiger partial charge in [-0.1, -0.05) is 13.0 Å². The van der Waals surface area contributed by atoms with Crippen molar-refractivity contribution in [1.82, 2.24) is 9.80 Å². The van der Waals surface area contributed by atoms with Crippen LogP contribution < -0.4 is 0 Å². The van der Waals surface area contributed by atoms with Gasteiger partial charge in [0.05, 0.1) is 6.10 Å². The van der Waals surface area contributed by atoms with Crippen molar-refractivity contribution in [3.05, 3.63) is 35.4 Å². The molecule has 2 rings (SSSR count). The molecule has 1 heterocycles. The zero-order valence-electron chi connectivity index (χ0n) is 12.7. The van der Waals surface area contributed by atoms with Crippen LogP contribution >= 0.6 is 0 Å². The monoisotopic (exact) mass is 298 g/mol. The van der Waals surface area contributed by atoms with Crippen molar-refractivity contribution in [2.24, 2.45) is 5.92 Å². The lowest BCUT2D eigenvalue weighted by molar-refractivity contribution is 0.119. The quantitative estimate of drug-likeness (QED) is 0.873. The molecule has 0 aliphatic carbocycles. The molecule has 1 aromatic carbocycles. The molecule has 5 heteroatoms. The first-order valence-corrected chi connectivity index (χ1v) is 7.53. The van der Waals surface area contributed by atoms with Crippen molar-refractivity contribution < 1.29 is 13.9 Å². The molecule has 0 spiro atoms. The standard InChI is InChI=1S/C16H24F2N2O/c1-3-19(2)9-12-6-7-20(10-12)11-16(21)14-5-4-13(17)8-15(14)18/h4-5,8,12,16,21H,3,6-7,9-11H2,1-2H3. The molecule has 118 valence electrons. The summed E-state index contributed by atoms with van der Waals surface area (Å²) in [6.45, 7) is 6.45. The number of hydrogen-bond acceptors (Lipinski definition) is 3. The van der Waals surface area contributed by atoms with Crippen LogP contribution in [0.4, 0.5) is 8.78 Å². The number of benzene rings is 1. The summed E-state index contributed by atoms with van der Waals surface area (Å²) in [6, 6.07) is 3.33. The Morgan fingerprint density at radius 1 is 1.43 bits per heavy atom. The Hall–Kier alpha value is -1.04. The van der Waals surface area contributed by atoms with E-state index < -0.39 is 17.7 Å². The van der Waals surface area contributed by atoms with Gasteiger partial charge in [-0.3, -0.25) is 0 Å². The molecule has 3 nitrogen and oxygen atoms in total. The number of likely N-dealkylation sites (tertiary alicyclic amines) is 1. The number of nitrogens with zero attached hydrogens (tertiary/aromatic N) is 2. The molecule has 2 atom stereocenters. The van der Waals surface area contributed by atoms with Gasteiger partial charge in [0.1, 0.15) is 11.6 Å². The molecule has 1 saturated heterocycles. The first-order chi connectivity index (χ1) is 9.99. The van der Waals surface area contributed by atoms with E-state index in [9.17, 15) is 13.9 Å². The summed E-state index contributed by atoms with van der Waals surface area (Å²) in [5, 5.41) is 10.2. The number of hydrogen-bond donors (Lipinski definition) is 1. The predicted octanol–water partition coefficient (Wildman–Crippen LogP) is 2.27. The molecular formula is C16H24F2N2O. The van der Waals surface area contributed by atoms with Crippen molar-refractivity contribution in [2.75, 3.05) is 39.8 Å². The van der Waals surface area contributed by atoms with Crippen LogP contribution in [0.15, 0.2) is 18.2 Å². The molecule has 0 amide bonds. The first-order valence-electron chi connectivity index (χ1n) is 7.53. The summed E-state index contributed by atoms with van der Waals surface area (Å²) >= 11 is 0. The molecule has 1 N–H and O–H groups in total. The smallest absolute Gasteiger partial charge is 0.131 e. The van der Waals surface area contributed by atoms with E-state index >= 15 is 0 Å². The molecule has 0 radical (unpaired) electrons. The lowest BCUT2D eigenvalue weighted by atomic mass is 10.1. The predicted molar refractivity (Wildman–Crippen MR) is 79.0 cm³/mol. The van der Waals surface area contributed by atoms with Crippen molar-refractivity contribution in [2.45, 2.75) is 19.4 Å². The second-order valence-electron chi connectivity index (χ2n) is 5.95. The molecule has 1 aliphatic rings. The third-order valence-electron chi connectivity index (χ3n) is 4.23. The second-order valence-corrected chi connectivity index (χ2v) is 5.95. The van der Waals surface area contributed by atoms with E-state index in [-0.39, 0.29) is 5.56 Å². The summed E-state index contributed by atoms with van der Waals surface area (Å²) in [7, 11) is 2.10. The lowest BCUT2D eigenvalue weighted by Gasteiger charge is -2.22. The summed E-state index contributed by atoms with van der Waals surface area (Å²) in [5.74, 6) is -0.698. The Bertz CT molecular complexity index is 470. The van der Waals surface area contributed by atoms with Gasteiger partial charge in [0.25, 0.3) is 0 Å². The topological polar surface area (TPSA) is 26.7 Å². The highest BCUT2D eigenvalue weighted by molar-refractivity contribution is 5.21. The fraction of sp³-hybridized carbons (Fsp3) is 0.625. The first kappa shape index (κ1) is 16.3. The average molecular weight is 298 g/mol. The number of aliphatic hydroxyl groups is 1. The van der Waals surface area contributed by atoms with Gasteiger partial charge in [0.15, 0.2) is 0 Å². The molecular weight excluding hydrogens is 274 g/mol. The zero-order chi connectivity index (χ0) is 15.4. The summed E-state index contributed by atoms with van der Waals surface area (Å²) in [6.07, 6.45) is 0.191. The van der Waals surface area contributed by atoms with Crippen molar-refractivity contribution >= 4 is 0 Å². The van der Waals surface area contributed by atoms with Gasteiger partial charge >= 0.3 is 0 Å². The Labute approximate surface area is 125 Å². The van der Waals surface area contributed by atoms with E-state index in [1.54, 1.807) is 0 Å². The third kappa shape index (κ3) is 4.46. The minimum absolute atomic E-state index is 0.172. The Morgan fingerprint density at radius 2 is 2.19 bits per heavy atom. The molecule has 2 unspecified atom stereocenters. The van der Waals surface area contributed by atoms with Gasteiger partial charge < -0.3 is 14.9 Å². The highest BCUT2D eigenvalue weighted by Gasteiger charge is 2.26. The van der Waals surface area contributed by atoms with Crippen molar-refractivity contribution in [3.8, 4) is 0 Å². The zero-order valence-corrected chi connectivity index (χ0v) is 12.7. The van der Waals surface area contributed by atoms with Crippen LogP contribution in [0.25, 0.3) is 0 Å². The van der Waals surface area contributed by atoms with Crippen LogP contribution in [0.3, 0.4) is 0 Å². The van der Waals surface area contributed by atoms with Crippen LogP contribution in [-0.4, -0.2) is 54.7 Å². The number of rotatable bonds is 6. The largest absolute Gasteiger partial charge is 0.387 e. The highest BCUT2D eigenvalue weighted by atomic mass is 19.1. The van der Waals surface area contributed by atoms with E-state index in [2.05, 4.69) is 23.8 Å². The van der Waals surface area contributed by atoms with Gasteiger partial charge in [0, 0.05) is 31.3 Å². The van der Waals surface area contributed by atoms with Crippen LogP contribution in [0.5, 0.6) is 0 Å². The number of halogens is 2. The highest BCUT2D eigenvalue weighted by Crippen LogP contribution is 2.23. The number of β-amino-alcohol motifs (C(OH)–C–C–N with tert-alkyl or cyclic N) is 1. The molecule has 1 aromatic rings. The maximum atomic E-state index is 13.6. The number of aliphatic hydroxyl groups excluding tert-OH is 1. The van der Waals surface area contributed by atoms with Crippen molar-refractivity contribution in [1.29, 1.82) is 0 Å². The van der Waals surface area contributed by atoms with E-state index in [4.69, 9.17) is 0 Å². The molecule has 0 aromatic heterocycles. The summed E-state index contributed by atoms with van der Waals surface area (Å²) < 4.78 is 26.5. The molecule has 1 aliphatic heterocycles. The van der Waals surface area contributed by atoms with Gasteiger partial charge in [-0.25, -0.2) is 8.78 Å². The summed E-state index contributed by atoms with van der Waals surface area (Å²) in [5.41, 5.74) is 0.172. The third-order valence-corrected chi connectivity index (χ3v) is 4.23. The second kappa shape index (κ2) is 7.29. The van der Waals surface area contributed by atoms with Crippen LogP contribution in [0.1, 0.15) is 25.0 Å². The fourth-order valence-corrected chi connectivity index (χ4v) is 2.91. The van der Waals surface area contributed by atoms with Crippen LogP contribution in [0.2, 0.25) is 0 Å². The lowest BCUT2D eigenvalue weighted by Crippen LogP contribution is -2.30. The van der Waals surface area contributed by atoms with Crippen molar-refractivity contribution in [3.63, 3.8) is 0 Å². The average Bonchev–Trinajstić information content (AvgIpc) is 2.85. The van der Waals surface area contributed by atoms with Crippen LogP contribution in [0, 0.1) is 17.6 Å². The maximum absolute atomic E-state index is 13.6. The molecule has 1 fully saturated rings. The molecule has 0 bridgehead atoms. The normalized spacial score (nSPS) is 21.1. The Balaban J connectivity index is 1.87. The van der Waals surface area contributed by atoms with Gasteiger partial charge in [-0.2, -0.15) is 0 Å². The SMILES string of the molecule is CCN(C)CC1CCN(CC(O)c2ccc(F)cc2F)C1. The fourth-order valence-electron chi connectivity index (χ4n) is 2.91. The van der Waals surface area contributed by atoms with E-state index in [1.807, 2.05) is 0 Å². The van der Waals surface area contributed by atoms with E-state index in [0.717, 1.165) is 38.7 Å². The molecule has 0 saturated carbocycles. The van der Waals surface area contributed by atoms with E-state index in [1.165, 1.54) is 12.1 Å². The maximum Gasteiger partial charge on any atom is 0.131 e. The Kier molecular flexibility index (Phi) is 5.67. The molecule has 21 heavy (non-hydrogen) atoms. The minimum Gasteiger partial charge on any atom is -0.387 e. The van der Waals surface area contributed by atoms with Gasteiger partial charge in [-0.05, 0) is 38.5 Å². The summed E-state index contributed by atoms with van der Waals surface area (Å²) in [4.78, 5) is 4.44. The van der Waals surface area contributed by atoms with E-state index in [0.29, 0.717) is 12.5 Å². The van der Waals surface area contributed by atoms with Gasteiger partial charge in [0.2, 0.25) is 0 Å². The van der Waals surface area contributed by atoms with Crippen LogP contribution in [-0.2, 0) is 0 Å². The Morgan fingerprint density at radius 3 is 2.86 bits per heavy atom. The minimum atomic E-state index is -0.909. The van der Waals surface area contributed by atoms with Gasteiger partial charge in [-0.15, -0.1) is 0 Å².